The number of anilines is 1. The van der Waals surface area contributed by atoms with Gasteiger partial charge in [-0.2, -0.15) is 0 Å². The second kappa shape index (κ2) is 4.27. The van der Waals surface area contributed by atoms with Crippen LogP contribution < -0.4 is 4.90 Å². The van der Waals surface area contributed by atoms with E-state index in [0.29, 0.717) is 29.8 Å². The summed E-state index contributed by atoms with van der Waals surface area (Å²) < 4.78 is 0. The van der Waals surface area contributed by atoms with Crippen LogP contribution in [0.2, 0.25) is 0 Å². The van der Waals surface area contributed by atoms with Gasteiger partial charge in [0.05, 0.1) is 4.92 Å². The minimum Gasteiger partial charge on any atom is -0.333 e. The van der Waals surface area contributed by atoms with Crippen molar-refractivity contribution in [2.75, 3.05) is 11.9 Å². The normalized spacial score (nSPS) is 14.2. The molecule has 1 heterocycles. The van der Waals surface area contributed by atoms with Crippen LogP contribution >= 0.6 is 0 Å². The van der Waals surface area contributed by atoms with E-state index in [9.17, 15) is 14.9 Å². The zero-order valence-electron chi connectivity index (χ0n) is 10.6. The van der Waals surface area contributed by atoms with Crippen molar-refractivity contribution in [1.82, 2.24) is 0 Å². The molecule has 0 unspecified atom stereocenters. The fourth-order valence-electron chi connectivity index (χ4n) is 2.57. The molecule has 0 saturated heterocycles. The summed E-state index contributed by atoms with van der Waals surface area (Å²) in [4.78, 5) is 23.3. The monoisotopic (exact) mass is 246 g/mol. The molecule has 5 nitrogen and oxygen atoms in total. The zero-order valence-corrected chi connectivity index (χ0v) is 10.6. The molecule has 0 amide bonds. The molecule has 0 saturated carbocycles. The van der Waals surface area contributed by atoms with Gasteiger partial charge in [-0.1, -0.05) is 0 Å². The Morgan fingerprint density at radius 1 is 1.33 bits per heavy atom. The molecule has 1 aromatic carbocycles. The first-order chi connectivity index (χ1) is 8.47. The van der Waals surface area contributed by atoms with Crippen LogP contribution in [0, 0.1) is 24.0 Å². The molecule has 0 bridgehead atoms. The van der Waals surface area contributed by atoms with E-state index in [0.717, 1.165) is 11.1 Å². The number of rotatable bonds is 1. The third kappa shape index (κ3) is 1.69. The number of allylic oxidation sites excluding steroid dienone is 1. The lowest BCUT2D eigenvalue weighted by molar-refractivity contribution is -0.384. The Kier molecular flexibility index (Phi) is 2.93. The average Bonchev–Trinajstić information content (AvgIpc) is 2.30. The molecule has 2 rings (SSSR count). The topological polar surface area (TPSA) is 63.5 Å². The summed E-state index contributed by atoms with van der Waals surface area (Å²) >= 11 is 0. The number of hydrogen-bond donors (Lipinski definition) is 0. The van der Waals surface area contributed by atoms with E-state index in [1.807, 2.05) is 18.9 Å². The molecule has 94 valence electrons. The van der Waals surface area contributed by atoms with Crippen molar-refractivity contribution in [3.8, 4) is 0 Å². The standard InChI is InChI=1S/C13H14N2O3/c1-8-6-9(2)12(15(17)18)13-11(8)5-4-10(7-16)14(13)3/h6H,4-5H2,1-3H3. The van der Waals surface area contributed by atoms with Gasteiger partial charge >= 0.3 is 0 Å². The number of nitrogens with zero attached hydrogens (tertiary/aromatic N) is 2. The molecule has 0 radical (unpaired) electrons. The van der Waals surface area contributed by atoms with Crippen LogP contribution in [0.3, 0.4) is 0 Å². The van der Waals surface area contributed by atoms with Crippen molar-refractivity contribution in [1.29, 1.82) is 0 Å². The van der Waals surface area contributed by atoms with Crippen molar-refractivity contribution in [3.05, 3.63) is 38.6 Å². The maximum absolute atomic E-state index is 11.2. The van der Waals surface area contributed by atoms with Gasteiger partial charge < -0.3 is 4.90 Å². The van der Waals surface area contributed by atoms with E-state index in [2.05, 4.69) is 0 Å². The van der Waals surface area contributed by atoms with Crippen LogP contribution in [0.1, 0.15) is 23.1 Å². The smallest absolute Gasteiger partial charge is 0.296 e. The van der Waals surface area contributed by atoms with Crippen molar-refractivity contribution in [2.45, 2.75) is 26.7 Å². The van der Waals surface area contributed by atoms with Crippen molar-refractivity contribution in [3.63, 3.8) is 0 Å². The molecule has 1 aliphatic rings. The van der Waals surface area contributed by atoms with E-state index in [1.165, 1.54) is 0 Å². The molecule has 0 atom stereocenters. The Labute approximate surface area is 105 Å². The Balaban J connectivity index is 2.80. The minimum absolute atomic E-state index is 0.0885. The molecule has 1 aliphatic heterocycles. The first-order valence-electron chi connectivity index (χ1n) is 5.72. The summed E-state index contributed by atoms with van der Waals surface area (Å²) in [6.45, 7) is 3.66. The molecule has 0 aliphatic carbocycles. The highest BCUT2D eigenvalue weighted by Crippen LogP contribution is 2.41. The maximum atomic E-state index is 11.2. The third-order valence-electron chi connectivity index (χ3n) is 3.45. The molecular weight excluding hydrogens is 232 g/mol. The Morgan fingerprint density at radius 2 is 2.00 bits per heavy atom. The van der Waals surface area contributed by atoms with Gasteiger partial charge in [0.1, 0.15) is 17.3 Å². The summed E-state index contributed by atoms with van der Waals surface area (Å²) in [6, 6.07) is 1.83. The summed E-state index contributed by atoms with van der Waals surface area (Å²) in [5.41, 5.74) is 3.71. The Hall–Kier alpha value is -2.13. The first kappa shape index (κ1) is 12.3. The van der Waals surface area contributed by atoms with Gasteiger partial charge in [0.15, 0.2) is 0 Å². The number of nitro groups is 1. The molecule has 5 heteroatoms. The molecule has 0 aromatic heterocycles. The fraction of sp³-hybridized carbons (Fsp3) is 0.385. The fourth-order valence-corrected chi connectivity index (χ4v) is 2.57. The predicted octanol–water partition coefficient (Wildman–Crippen LogP) is 2.31. The SMILES string of the molecule is Cc1cc(C)c([N+](=O)[O-])c2c1CCC(=C=O)N2C. The molecular formula is C13H14N2O3. The van der Waals surface area contributed by atoms with Gasteiger partial charge in [0.25, 0.3) is 5.69 Å². The molecule has 0 spiro atoms. The van der Waals surface area contributed by atoms with E-state index < -0.39 is 0 Å². The van der Waals surface area contributed by atoms with Crippen molar-refractivity contribution in [2.24, 2.45) is 0 Å². The van der Waals surface area contributed by atoms with Gasteiger partial charge in [-0.3, -0.25) is 10.1 Å². The van der Waals surface area contributed by atoms with E-state index in [4.69, 9.17) is 0 Å². The molecule has 0 fully saturated rings. The number of fused-ring (bicyclic) bond motifs is 1. The highest BCUT2D eigenvalue weighted by Gasteiger charge is 2.30. The molecule has 0 N–H and O–H groups in total. The number of carbonyl (C=O) groups excluding carboxylic acids is 1. The van der Waals surface area contributed by atoms with Gasteiger partial charge in [-0.25, -0.2) is 4.79 Å². The lowest BCUT2D eigenvalue weighted by atomic mass is 9.92. The largest absolute Gasteiger partial charge is 0.333 e. The van der Waals surface area contributed by atoms with Crippen LogP contribution in [-0.2, 0) is 11.2 Å². The van der Waals surface area contributed by atoms with Crippen LogP contribution in [0.4, 0.5) is 11.4 Å². The van der Waals surface area contributed by atoms with Crippen LogP contribution in [0.15, 0.2) is 11.8 Å². The van der Waals surface area contributed by atoms with Crippen molar-refractivity contribution < 1.29 is 9.72 Å². The number of aryl methyl sites for hydroxylation is 2. The van der Waals surface area contributed by atoms with Gasteiger partial charge in [0, 0.05) is 19.0 Å². The summed E-state index contributed by atoms with van der Waals surface area (Å²) in [6.07, 6.45) is 1.23. The predicted molar refractivity (Wildman–Crippen MR) is 68.5 cm³/mol. The summed E-state index contributed by atoms with van der Waals surface area (Å²) in [7, 11) is 1.68. The Morgan fingerprint density at radius 3 is 2.56 bits per heavy atom. The average molecular weight is 246 g/mol. The highest BCUT2D eigenvalue weighted by atomic mass is 16.6. The number of nitro benzene ring substituents is 1. The molecule has 18 heavy (non-hydrogen) atoms. The van der Waals surface area contributed by atoms with Gasteiger partial charge in [0.2, 0.25) is 0 Å². The lowest BCUT2D eigenvalue weighted by Gasteiger charge is -2.29. The third-order valence-corrected chi connectivity index (χ3v) is 3.45. The van der Waals surface area contributed by atoms with Crippen LogP contribution in [0.5, 0.6) is 0 Å². The first-order valence-corrected chi connectivity index (χ1v) is 5.72. The quantitative estimate of drug-likeness (QED) is 0.433. The zero-order chi connectivity index (χ0) is 13.4. The van der Waals surface area contributed by atoms with Crippen LogP contribution in [0.25, 0.3) is 0 Å². The number of hydrogen-bond acceptors (Lipinski definition) is 4. The summed E-state index contributed by atoms with van der Waals surface area (Å²) in [5.74, 6) is 1.87. The minimum atomic E-state index is -0.377. The second-order valence-electron chi connectivity index (χ2n) is 4.55. The Bertz CT molecular complexity index is 586. The van der Waals surface area contributed by atoms with Crippen molar-refractivity contribution >= 4 is 17.3 Å². The van der Waals surface area contributed by atoms with E-state index in [1.54, 1.807) is 18.9 Å². The van der Waals surface area contributed by atoms with E-state index >= 15 is 0 Å². The van der Waals surface area contributed by atoms with E-state index in [-0.39, 0.29) is 10.6 Å². The maximum Gasteiger partial charge on any atom is 0.296 e. The van der Waals surface area contributed by atoms with Crippen LogP contribution in [-0.4, -0.2) is 17.9 Å². The second-order valence-corrected chi connectivity index (χ2v) is 4.55. The van der Waals surface area contributed by atoms with Gasteiger partial charge in [-0.05, 0) is 37.5 Å². The van der Waals surface area contributed by atoms with Gasteiger partial charge in [-0.15, -0.1) is 0 Å². The number of benzene rings is 1. The lowest BCUT2D eigenvalue weighted by Crippen LogP contribution is -2.25. The summed E-state index contributed by atoms with van der Waals surface area (Å²) in [5, 5.41) is 11.2. The molecule has 1 aromatic rings. The highest BCUT2D eigenvalue weighted by molar-refractivity contribution is 5.79.